The van der Waals surface area contributed by atoms with Gasteiger partial charge in [0, 0.05) is 223 Å². The zero-order valence-electron chi connectivity index (χ0n) is 33.3. The van der Waals surface area contributed by atoms with Crippen LogP contribution in [-0.2, 0) is 0 Å². The maximum Gasteiger partial charge on any atom is 0.0110 e. The van der Waals surface area contributed by atoms with E-state index in [-0.39, 0.29) is 0 Å². The molecule has 0 aliphatic rings. The summed E-state index contributed by atoms with van der Waals surface area (Å²) in [5, 5.41) is 13.7. The summed E-state index contributed by atoms with van der Waals surface area (Å²) in [7, 11) is 0. The standard InChI is InChI=1S/C34H88N18/c35-1-9-43-13-21-47(17-5-39)25-29-51(30-26-48(18-6-40)22-14-44-10-2-36)33-34-52(31-27-49(19-7-41)23-15-45-11-3-37)32-28-50(20-8-42)24-16-46-12-4-38/h43-46H,1-42H2. The highest BCUT2D eigenvalue weighted by molar-refractivity contribution is 4.74. The minimum atomic E-state index is 0.645. The molecule has 0 spiro atoms. The Bertz CT molecular complexity index is 591. The fourth-order valence-corrected chi connectivity index (χ4v) is 6.01. The first-order valence-corrected chi connectivity index (χ1v) is 20.3. The Morgan fingerprint density at radius 3 is 0.519 bits per heavy atom. The fourth-order valence-electron chi connectivity index (χ4n) is 6.01. The van der Waals surface area contributed by atoms with Gasteiger partial charge in [0.05, 0.1) is 0 Å². The van der Waals surface area contributed by atoms with Crippen LogP contribution in [0.4, 0.5) is 0 Å². The van der Waals surface area contributed by atoms with Gasteiger partial charge in [0.15, 0.2) is 0 Å². The lowest BCUT2D eigenvalue weighted by atomic mass is 10.3. The van der Waals surface area contributed by atoms with Gasteiger partial charge in [-0.3, -0.25) is 29.4 Å². The van der Waals surface area contributed by atoms with Gasteiger partial charge in [-0.25, -0.2) is 0 Å². The molecular formula is C34H88N18. The van der Waals surface area contributed by atoms with Crippen LogP contribution in [-0.4, -0.2) is 252 Å². The summed E-state index contributed by atoms with van der Waals surface area (Å²) in [5.41, 5.74) is 46.9. The summed E-state index contributed by atoms with van der Waals surface area (Å²) >= 11 is 0. The monoisotopic (exact) mass is 749 g/mol. The lowest BCUT2D eigenvalue weighted by Gasteiger charge is -2.33. The maximum atomic E-state index is 6.04. The third-order valence-corrected chi connectivity index (χ3v) is 9.15. The van der Waals surface area contributed by atoms with Crippen molar-refractivity contribution in [2.45, 2.75) is 0 Å². The lowest BCUT2D eigenvalue weighted by molar-refractivity contribution is 0.139. The van der Waals surface area contributed by atoms with Crippen molar-refractivity contribution in [3.05, 3.63) is 0 Å². The van der Waals surface area contributed by atoms with E-state index >= 15 is 0 Å². The molecule has 0 aromatic heterocycles. The van der Waals surface area contributed by atoms with Crippen LogP contribution in [0.1, 0.15) is 0 Å². The molecule has 0 aliphatic carbocycles. The number of hydrogen-bond donors (Lipinski definition) is 12. The van der Waals surface area contributed by atoms with Crippen LogP contribution in [0.25, 0.3) is 0 Å². The Hall–Kier alpha value is -0.720. The molecule has 0 heterocycles. The molecule has 0 aliphatic heterocycles. The van der Waals surface area contributed by atoms with Gasteiger partial charge in [0.1, 0.15) is 0 Å². The van der Waals surface area contributed by atoms with Gasteiger partial charge < -0.3 is 67.1 Å². The van der Waals surface area contributed by atoms with Gasteiger partial charge >= 0.3 is 0 Å². The zero-order valence-corrected chi connectivity index (χ0v) is 33.3. The van der Waals surface area contributed by atoms with Gasteiger partial charge in [-0.15, -0.1) is 0 Å². The SMILES string of the molecule is NCCNCCN(CCN)CCN(CCN(CCN)CCNCCN)CCN(CCN(CCN)CCNCCN)CCN(CCN)CCNCCN. The maximum absolute atomic E-state index is 6.04. The molecule has 0 rings (SSSR count). The third kappa shape index (κ3) is 31.6. The quantitative estimate of drug-likeness (QED) is 0.0258. The first kappa shape index (κ1) is 51.3. The average Bonchev–Trinajstić information content (AvgIpc) is 3.15. The second kappa shape index (κ2) is 40.0. The van der Waals surface area contributed by atoms with Gasteiger partial charge in [-0.05, 0) is 0 Å². The number of nitrogens with zero attached hydrogens (tertiary/aromatic N) is 6. The van der Waals surface area contributed by atoms with Crippen molar-refractivity contribution in [1.82, 2.24) is 50.7 Å². The van der Waals surface area contributed by atoms with Crippen molar-refractivity contribution >= 4 is 0 Å². The van der Waals surface area contributed by atoms with Crippen molar-refractivity contribution in [2.24, 2.45) is 45.9 Å². The highest BCUT2D eigenvalue weighted by atomic mass is 15.3. The number of nitrogens with two attached hydrogens (primary N) is 8. The Morgan fingerprint density at radius 1 is 0.192 bits per heavy atom. The molecule has 18 heteroatoms. The highest BCUT2D eigenvalue weighted by Gasteiger charge is 2.16. The van der Waals surface area contributed by atoms with E-state index in [1.165, 1.54) is 0 Å². The van der Waals surface area contributed by atoms with Gasteiger partial charge in [0.25, 0.3) is 0 Å². The van der Waals surface area contributed by atoms with Crippen LogP contribution in [0, 0.1) is 0 Å². The molecule has 0 fully saturated rings. The fraction of sp³-hybridized carbons (Fsp3) is 1.00. The molecule has 0 amide bonds. The van der Waals surface area contributed by atoms with Crippen LogP contribution in [0.2, 0.25) is 0 Å². The van der Waals surface area contributed by atoms with E-state index in [4.69, 9.17) is 45.9 Å². The second-order valence-corrected chi connectivity index (χ2v) is 13.4. The molecule has 0 saturated heterocycles. The largest absolute Gasteiger partial charge is 0.329 e. The number of rotatable bonds is 43. The van der Waals surface area contributed by atoms with Crippen molar-refractivity contribution < 1.29 is 0 Å². The molecular weight excluding hydrogens is 660 g/mol. The normalized spacial score (nSPS) is 12.3. The molecule has 0 atom stereocenters. The molecule has 0 bridgehead atoms. The van der Waals surface area contributed by atoms with Crippen molar-refractivity contribution in [1.29, 1.82) is 0 Å². The molecule has 314 valence electrons. The van der Waals surface area contributed by atoms with Gasteiger partial charge in [-0.1, -0.05) is 0 Å². The van der Waals surface area contributed by atoms with E-state index in [0.29, 0.717) is 52.4 Å². The number of nitrogens with one attached hydrogen (secondary N) is 4. The average molecular weight is 749 g/mol. The number of hydrogen-bond acceptors (Lipinski definition) is 18. The van der Waals surface area contributed by atoms with E-state index in [1.807, 2.05) is 0 Å². The van der Waals surface area contributed by atoms with E-state index in [1.54, 1.807) is 0 Å². The summed E-state index contributed by atoms with van der Waals surface area (Å²) in [6.07, 6.45) is 0. The highest BCUT2D eigenvalue weighted by Crippen LogP contribution is 2.01. The van der Waals surface area contributed by atoms with Crippen molar-refractivity contribution in [3.8, 4) is 0 Å². The summed E-state index contributed by atoms with van der Waals surface area (Å²) in [4.78, 5) is 15.1. The van der Waals surface area contributed by atoms with E-state index < -0.39 is 0 Å². The molecule has 0 radical (unpaired) electrons. The Balaban J connectivity index is 5.80. The van der Waals surface area contributed by atoms with Crippen LogP contribution >= 0.6 is 0 Å². The molecule has 0 unspecified atom stereocenters. The van der Waals surface area contributed by atoms with E-state index in [9.17, 15) is 0 Å². The Morgan fingerprint density at radius 2 is 0.365 bits per heavy atom. The second-order valence-electron chi connectivity index (χ2n) is 13.4. The predicted octanol–water partition coefficient (Wildman–Crippen LogP) is -7.17. The summed E-state index contributed by atoms with van der Waals surface area (Å²) in [6, 6.07) is 0. The van der Waals surface area contributed by atoms with Crippen LogP contribution in [0.3, 0.4) is 0 Å². The first-order valence-electron chi connectivity index (χ1n) is 20.3. The van der Waals surface area contributed by atoms with Crippen LogP contribution in [0.15, 0.2) is 0 Å². The van der Waals surface area contributed by atoms with Crippen molar-refractivity contribution in [2.75, 3.05) is 223 Å². The van der Waals surface area contributed by atoms with Crippen LogP contribution in [0.5, 0.6) is 0 Å². The molecule has 0 aromatic carbocycles. The third-order valence-electron chi connectivity index (χ3n) is 9.15. The molecule has 20 N–H and O–H groups in total. The minimum absolute atomic E-state index is 0.645. The molecule has 18 nitrogen and oxygen atoms in total. The molecule has 0 aromatic rings. The molecule has 52 heavy (non-hydrogen) atoms. The Labute approximate surface area is 318 Å². The Kier molecular flexibility index (Phi) is 39.4. The zero-order chi connectivity index (χ0) is 38.3. The first-order chi connectivity index (χ1) is 25.5. The van der Waals surface area contributed by atoms with Crippen LogP contribution < -0.4 is 67.1 Å². The van der Waals surface area contributed by atoms with Gasteiger partial charge in [0.2, 0.25) is 0 Å². The lowest BCUT2D eigenvalue weighted by Crippen LogP contribution is -2.48. The minimum Gasteiger partial charge on any atom is -0.329 e. The molecule has 0 saturated carbocycles. The smallest absolute Gasteiger partial charge is 0.0110 e. The topological polar surface area (TPSA) is 276 Å². The predicted molar refractivity (Wildman–Crippen MR) is 223 cm³/mol. The summed E-state index contributed by atoms with van der Waals surface area (Å²) in [5.74, 6) is 0. The van der Waals surface area contributed by atoms with E-state index in [0.717, 1.165) is 170 Å². The van der Waals surface area contributed by atoms with Gasteiger partial charge in [-0.2, -0.15) is 0 Å². The van der Waals surface area contributed by atoms with Crippen molar-refractivity contribution in [3.63, 3.8) is 0 Å². The summed E-state index contributed by atoms with van der Waals surface area (Å²) < 4.78 is 0. The summed E-state index contributed by atoms with van der Waals surface area (Å²) in [6.45, 7) is 29.2. The van der Waals surface area contributed by atoms with E-state index in [2.05, 4.69) is 50.7 Å².